The molecule has 0 aromatic heterocycles. The molecule has 2 N–H and O–H groups in total. The number of rotatable bonds is 3. The molecule has 0 aromatic rings. The number of nitrogens with two attached hydrogens (primary N) is 1. The monoisotopic (exact) mass is 243 g/mol. The van der Waals surface area contributed by atoms with E-state index in [2.05, 4.69) is 18.9 Å². The molecular formula is C11H21N3OS. The highest BCUT2D eigenvalue weighted by Crippen LogP contribution is 2.13. The topological polar surface area (TPSA) is 49.6 Å². The summed E-state index contributed by atoms with van der Waals surface area (Å²) in [5, 5.41) is 0. The van der Waals surface area contributed by atoms with Crippen molar-refractivity contribution in [1.29, 1.82) is 0 Å². The van der Waals surface area contributed by atoms with Crippen LogP contribution in [-0.4, -0.2) is 53.4 Å². The number of likely N-dealkylation sites (N-methyl/N-ethyl adjacent to an activating group) is 1. The highest BCUT2D eigenvalue weighted by Gasteiger charge is 2.25. The first-order valence-electron chi connectivity index (χ1n) is 5.81. The summed E-state index contributed by atoms with van der Waals surface area (Å²) >= 11 is 4.79. The average molecular weight is 243 g/mol. The standard InChI is InChI=1S/C11H21N3OS/c1-3-9-8-13(2)5-4-6-14(9)11(15)7-10(12)16/h9H,3-8H2,1-2H3,(H2,12,16). The number of carbonyl (C=O) groups is 1. The Morgan fingerprint density at radius 2 is 2.19 bits per heavy atom. The Balaban J connectivity index is 2.67. The molecule has 1 saturated heterocycles. The summed E-state index contributed by atoms with van der Waals surface area (Å²) in [6, 6.07) is 0.300. The van der Waals surface area contributed by atoms with Crippen molar-refractivity contribution in [1.82, 2.24) is 9.80 Å². The van der Waals surface area contributed by atoms with E-state index in [1.165, 1.54) is 0 Å². The molecule has 0 spiro atoms. The minimum Gasteiger partial charge on any atom is -0.393 e. The number of hydrogen-bond acceptors (Lipinski definition) is 3. The Morgan fingerprint density at radius 3 is 2.75 bits per heavy atom. The minimum absolute atomic E-state index is 0.0784. The quantitative estimate of drug-likeness (QED) is 0.738. The predicted molar refractivity (Wildman–Crippen MR) is 69.3 cm³/mol. The van der Waals surface area contributed by atoms with Crippen LogP contribution >= 0.6 is 12.2 Å². The van der Waals surface area contributed by atoms with Gasteiger partial charge in [0, 0.05) is 19.1 Å². The fraction of sp³-hybridized carbons (Fsp3) is 0.818. The molecule has 1 unspecified atom stereocenters. The molecule has 1 aliphatic heterocycles. The van der Waals surface area contributed by atoms with E-state index in [0.717, 1.165) is 32.5 Å². The van der Waals surface area contributed by atoms with Crippen molar-refractivity contribution in [2.24, 2.45) is 5.73 Å². The van der Waals surface area contributed by atoms with Crippen molar-refractivity contribution in [3.05, 3.63) is 0 Å². The van der Waals surface area contributed by atoms with E-state index in [-0.39, 0.29) is 17.3 Å². The van der Waals surface area contributed by atoms with Gasteiger partial charge in [-0.05, 0) is 26.4 Å². The van der Waals surface area contributed by atoms with Crippen LogP contribution in [-0.2, 0) is 4.79 Å². The van der Waals surface area contributed by atoms with Crippen LogP contribution in [0.1, 0.15) is 26.2 Å². The summed E-state index contributed by atoms with van der Waals surface area (Å²) in [5.41, 5.74) is 5.43. The van der Waals surface area contributed by atoms with Crippen LogP contribution in [0.5, 0.6) is 0 Å². The maximum absolute atomic E-state index is 12.0. The molecule has 1 rings (SSSR count). The zero-order valence-corrected chi connectivity index (χ0v) is 10.9. The second-order valence-electron chi connectivity index (χ2n) is 4.41. The van der Waals surface area contributed by atoms with Gasteiger partial charge >= 0.3 is 0 Å². The molecule has 0 bridgehead atoms. The van der Waals surface area contributed by atoms with E-state index < -0.39 is 0 Å². The van der Waals surface area contributed by atoms with Gasteiger partial charge in [-0.1, -0.05) is 19.1 Å². The van der Waals surface area contributed by atoms with E-state index in [9.17, 15) is 4.79 Å². The van der Waals surface area contributed by atoms with Gasteiger partial charge in [0.1, 0.15) is 0 Å². The first kappa shape index (κ1) is 13.4. The molecule has 0 saturated carbocycles. The Labute approximate surface area is 103 Å². The maximum Gasteiger partial charge on any atom is 0.229 e. The summed E-state index contributed by atoms with van der Waals surface area (Å²) in [4.78, 5) is 16.5. The number of hydrogen-bond donors (Lipinski definition) is 1. The average Bonchev–Trinajstić information content (AvgIpc) is 2.38. The van der Waals surface area contributed by atoms with Gasteiger partial charge in [0.2, 0.25) is 5.91 Å². The zero-order chi connectivity index (χ0) is 12.1. The lowest BCUT2D eigenvalue weighted by Gasteiger charge is -2.30. The van der Waals surface area contributed by atoms with Crippen molar-refractivity contribution in [2.45, 2.75) is 32.2 Å². The highest BCUT2D eigenvalue weighted by atomic mass is 32.1. The van der Waals surface area contributed by atoms with Crippen LogP contribution in [0.15, 0.2) is 0 Å². The summed E-state index contributed by atoms with van der Waals surface area (Å²) in [5.74, 6) is 0.0784. The third-order valence-electron chi connectivity index (χ3n) is 3.02. The number of carbonyl (C=O) groups excluding carboxylic acids is 1. The third-order valence-corrected chi connectivity index (χ3v) is 3.16. The van der Waals surface area contributed by atoms with Crippen molar-refractivity contribution in [3.63, 3.8) is 0 Å². The van der Waals surface area contributed by atoms with Gasteiger partial charge in [0.05, 0.1) is 11.4 Å². The van der Waals surface area contributed by atoms with Gasteiger partial charge in [-0.2, -0.15) is 0 Å². The molecule has 1 amide bonds. The molecule has 1 heterocycles. The summed E-state index contributed by atoms with van der Waals surface area (Å²) in [7, 11) is 2.10. The summed E-state index contributed by atoms with van der Waals surface area (Å²) in [6.07, 6.45) is 2.21. The SMILES string of the molecule is CCC1CN(C)CCCN1C(=O)CC(N)=S. The van der Waals surface area contributed by atoms with E-state index in [0.29, 0.717) is 6.04 Å². The van der Waals surface area contributed by atoms with Crippen LogP contribution < -0.4 is 5.73 Å². The van der Waals surface area contributed by atoms with Gasteiger partial charge in [-0.25, -0.2) is 0 Å². The lowest BCUT2D eigenvalue weighted by Crippen LogP contribution is -2.44. The first-order valence-corrected chi connectivity index (χ1v) is 6.21. The van der Waals surface area contributed by atoms with Gasteiger partial charge in [0.15, 0.2) is 0 Å². The number of amides is 1. The van der Waals surface area contributed by atoms with Crippen molar-refractivity contribution < 1.29 is 4.79 Å². The molecule has 1 aliphatic rings. The van der Waals surface area contributed by atoms with Crippen LogP contribution in [0.3, 0.4) is 0 Å². The van der Waals surface area contributed by atoms with Crippen molar-refractivity contribution in [2.75, 3.05) is 26.7 Å². The fourth-order valence-corrected chi connectivity index (χ4v) is 2.30. The molecular weight excluding hydrogens is 222 g/mol. The normalized spacial score (nSPS) is 22.9. The lowest BCUT2D eigenvalue weighted by atomic mass is 10.1. The maximum atomic E-state index is 12.0. The van der Waals surface area contributed by atoms with Crippen LogP contribution in [0.4, 0.5) is 0 Å². The molecule has 5 heteroatoms. The molecule has 92 valence electrons. The van der Waals surface area contributed by atoms with E-state index in [1.54, 1.807) is 0 Å². The second kappa shape index (κ2) is 6.15. The Morgan fingerprint density at radius 1 is 1.50 bits per heavy atom. The highest BCUT2D eigenvalue weighted by molar-refractivity contribution is 7.80. The van der Waals surface area contributed by atoms with Gasteiger partial charge in [-0.15, -0.1) is 0 Å². The van der Waals surface area contributed by atoms with Crippen LogP contribution in [0, 0.1) is 0 Å². The Hall–Kier alpha value is -0.680. The van der Waals surface area contributed by atoms with Gasteiger partial charge < -0.3 is 15.5 Å². The zero-order valence-electron chi connectivity index (χ0n) is 10.1. The number of thiocarbonyl (C=S) groups is 1. The van der Waals surface area contributed by atoms with Gasteiger partial charge in [0.25, 0.3) is 0 Å². The van der Waals surface area contributed by atoms with E-state index >= 15 is 0 Å². The van der Waals surface area contributed by atoms with E-state index in [4.69, 9.17) is 18.0 Å². The van der Waals surface area contributed by atoms with Crippen LogP contribution in [0.2, 0.25) is 0 Å². The molecule has 0 aliphatic carbocycles. The third kappa shape index (κ3) is 3.72. The minimum atomic E-state index is 0.0784. The molecule has 4 nitrogen and oxygen atoms in total. The summed E-state index contributed by atoms with van der Waals surface area (Å²) in [6.45, 7) is 4.93. The van der Waals surface area contributed by atoms with Crippen molar-refractivity contribution in [3.8, 4) is 0 Å². The second-order valence-corrected chi connectivity index (χ2v) is 4.93. The smallest absolute Gasteiger partial charge is 0.229 e. The summed E-state index contributed by atoms with van der Waals surface area (Å²) < 4.78 is 0. The van der Waals surface area contributed by atoms with E-state index in [1.807, 2.05) is 4.90 Å². The Bertz CT molecular complexity index is 270. The molecule has 16 heavy (non-hydrogen) atoms. The molecule has 1 fully saturated rings. The first-order chi connectivity index (χ1) is 7.54. The predicted octanol–water partition coefficient (Wildman–Crippen LogP) is 0.605. The Kier molecular flexibility index (Phi) is 5.15. The molecule has 0 radical (unpaired) electrons. The van der Waals surface area contributed by atoms with Crippen molar-refractivity contribution >= 4 is 23.1 Å². The van der Waals surface area contributed by atoms with Crippen LogP contribution in [0.25, 0.3) is 0 Å². The fourth-order valence-electron chi connectivity index (χ4n) is 2.17. The number of nitrogens with zero attached hydrogens (tertiary/aromatic N) is 2. The van der Waals surface area contributed by atoms with Gasteiger partial charge in [-0.3, -0.25) is 4.79 Å². The molecule has 1 atom stereocenters. The lowest BCUT2D eigenvalue weighted by molar-refractivity contribution is -0.132. The largest absolute Gasteiger partial charge is 0.393 e. The molecule has 0 aromatic carbocycles.